The molecular weight excluding hydrogens is 326 g/mol. The van der Waals surface area contributed by atoms with E-state index in [1.807, 2.05) is 61.5 Å². The normalized spacial score (nSPS) is 15.7. The molecule has 3 rings (SSSR count). The Hall–Kier alpha value is -3.14. The lowest BCUT2D eigenvalue weighted by Crippen LogP contribution is -2.24. The van der Waals surface area contributed by atoms with Crippen LogP contribution in [0.5, 0.6) is 0 Å². The molecule has 0 saturated heterocycles. The van der Waals surface area contributed by atoms with Gasteiger partial charge >= 0.3 is 5.97 Å². The van der Waals surface area contributed by atoms with Crippen LogP contribution in [0.3, 0.4) is 0 Å². The lowest BCUT2D eigenvalue weighted by atomic mass is 10.0. The summed E-state index contributed by atoms with van der Waals surface area (Å²) in [7, 11) is 0. The van der Waals surface area contributed by atoms with Crippen LogP contribution in [-0.2, 0) is 14.3 Å². The number of hydrogen-bond acceptors (Lipinski definition) is 3. The summed E-state index contributed by atoms with van der Waals surface area (Å²) in [6, 6.07) is 17.1. The van der Waals surface area contributed by atoms with E-state index < -0.39 is 5.97 Å². The van der Waals surface area contributed by atoms with E-state index in [1.54, 1.807) is 24.8 Å². The average molecular weight is 347 g/mol. The minimum absolute atomic E-state index is 0.224. The molecule has 1 aliphatic heterocycles. The third-order valence-electron chi connectivity index (χ3n) is 4.25. The molecule has 0 atom stereocenters. The van der Waals surface area contributed by atoms with E-state index in [0.29, 0.717) is 16.8 Å². The number of allylic oxidation sites excluding steroid dienone is 1. The van der Waals surface area contributed by atoms with Crippen molar-refractivity contribution in [1.29, 1.82) is 0 Å². The van der Waals surface area contributed by atoms with Crippen molar-refractivity contribution >= 4 is 23.6 Å². The summed E-state index contributed by atoms with van der Waals surface area (Å²) in [5.41, 5.74) is 3.95. The quantitative estimate of drug-likeness (QED) is 0.613. The van der Waals surface area contributed by atoms with Gasteiger partial charge in [0.1, 0.15) is 0 Å². The Morgan fingerprint density at radius 1 is 1.08 bits per heavy atom. The lowest BCUT2D eigenvalue weighted by Gasteiger charge is -2.17. The number of carbonyl (C=O) groups excluding carboxylic acids is 2. The highest BCUT2D eigenvalue weighted by Crippen LogP contribution is 2.35. The van der Waals surface area contributed by atoms with Crippen molar-refractivity contribution < 1.29 is 14.3 Å². The summed E-state index contributed by atoms with van der Waals surface area (Å²) in [6.45, 7) is 5.77. The highest BCUT2D eigenvalue weighted by Gasteiger charge is 2.37. The Morgan fingerprint density at radius 2 is 1.81 bits per heavy atom. The molecular formula is C22H21NO3. The van der Waals surface area contributed by atoms with Crippen LogP contribution in [0.25, 0.3) is 6.08 Å². The third kappa shape index (κ3) is 3.31. The predicted octanol–water partition coefficient (Wildman–Crippen LogP) is 4.26. The number of ether oxygens (including phenoxy) is 1. The summed E-state index contributed by atoms with van der Waals surface area (Å²) in [5, 5.41) is 0. The zero-order valence-corrected chi connectivity index (χ0v) is 15.2. The summed E-state index contributed by atoms with van der Waals surface area (Å²) >= 11 is 0. The topological polar surface area (TPSA) is 46.6 Å². The first-order chi connectivity index (χ1) is 12.5. The molecule has 26 heavy (non-hydrogen) atoms. The Labute approximate surface area is 153 Å². The van der Waals surface area contributed by atoms with Crippen molar-refractivity contribution in [2.24, 2.45) is 0 Å². The summed E-state index contributed by atoms with van der Waals surface area (Å²) in [4.78, 5) is 27.2. The van der Waals surface area contributed by atoms with Gasteiger partial charge in [0, 0.05) is 11.4 Å². The Kier molecular flexibility index (Phi) is 5.03. The number of amides is 1. The van der Waals surface area contributed by atoms with Crippen molar-refractivity contribution in [2.45, 2.75) is 20.8 Å². The first-order valence-electron chi connectivity index (χ1n) is 8.59. The summed E-state index contributed by atoms with van der Waals surface area (Å²) in [5.74, 6) is -0.700. The molecule has 1 heterocycles. The highest BCUT2D eigenvalue weighted by molar-refractivity contribution is 6.23. The van der Waals surface area contributed by atoms with Crippen molar-refractivity contribution in [3.63, 3.8) is 0 Å². The smallest absolute Gasteiger partial charge is 0.340 e. The second-order valence-corrected chi connectivity index (χ2v) is 6.13. The molecule has 2 aromatic rings. The zero-order chi connectivity index (χ0) is 18.7. The minimum Gasteiger partial charge on any atom is -0.462 e. The second-order valence-electron chi connectivity index (χ2n) is 6.13. The molecule has 0 fully saturated rings. The van der Waals surface area contributed by atoms with E-state index in [1.165, 1.54) is 0 Å². The number of hydrogen-bond donors (Lipinski definition) is 0. The van der Waals surface area contributed by atoms with Crippen molar-refractivity contribution in [2.75, 3.05) is 11.5 Å². The number of nitrogens with zero attached hydrogens (tertiary/aromatic N) is 1. The van der Waals surface area contributed by atoms with Crippen LogP contribution in [0, 0.1) is 6.92 Å². The summed E-state index contributed by atoms with van der Waals surface area (Å²) in [6.07, 6.45) is 1.76. The monoisotopic (exact) mass is 347 g/mol. The molecule has 0 saturated carbocycles. The van der Waals surface area contributed by atoms with Crippen molar-refractivity contribution in [1.82, 2.24) is 0 Å². The predicted molar refractivity (Wildman–Crippen MR) is 102 cm³/mol. The third-order valence-corrected chi connectivity index (χ3v) is 4.25. The first kappa shape index (κ1) is 17.7. The van der Waals surface area contributed by atoms with Crippen LogP contribution in [0.4, 0.5) is 5.69 Å². The fourth-order valence-corrected chi connectivity index (χ4v) is 3.10. The number of benzene rings is 2. The SMILES string of the molecule is CCOC(=O)C1=C(C)N(c2ccccc2)C(=O)/C1=C\c1cccc(C)c1. The Bertz CT molecular complexity index is 910. The van der Waals surface area contributed by atoms with Gasteiger partial charge in [0.25, 0.3) is 5.91 Å². The van der Waals surface area contributed by atoms with E-state index in [2.05, 4.69) is 0 Å². The number of para-hydroxylation sites is 1. The van der Waals surface area contributed by atoms with Gasteiger partial charge in [-0.25, -0.2) is 4.79 Å². The average Bonchev–Trinajstić information content (AvgIpc) is 2.86. The molecule has 2 aromatic carbocycles. The molecule has 0 aromatic heterocycles. The van der Waals surface area contributed by atoms with Crippen LogP contribution in [0.2, 0.25) is 0 Å². The van der Waals surface area contributed by atoms with Gasteiger partial charge in [0.2, 0.25) is 0 Å². The van der Waals surface area contributed by atoms with Gasteiger partial charge in [-0.15, -0.1) is 0 Å². The molecule has 0 radical (unpaired) electrons. The van der Waals surface area contributed by atoms with Gasteiger partial charge in [-0.3, -0.25) is 9.69 Å². The first-order valence-corrected chi connectivity index (χ1v) is 8.59. The van der Waals surface area contributed by atoms with Crippen LogP contribution < -0.4 is 4.90 Å². The molecule has 0 unspecified atom stereocenters. The van der Waals surface area contributed by atoms with E-state index >= 15 is 0 Å². The molecule has 4 heteroatoms. The molecule has 0 aliphatic carbocycles. The van der Waals surface area contributed by atoms with Gasteiger partial charge in [-0.1, -0.05) is 48.0 Å². The minimum atomic E-state index is -0.476. The molecule has 132 valence electrons. The van der Waals surface area contributed by atoms with Gasteiger partial charge in [-0.2, -0.15) is 0 Å². The molecule has 0 spiro atoms. The molecule has 0 N–H and O–H groups in total. The zero-order valence-electron chi connectivity index (χ0n) is 15.2. The van der Waals surface area contributed by atoms with Crippen molar-refractivity contribution in [3.8, 4) is 0 Å². The number of rotatable bonds is 4. The van der Waals surface area contributed by atoms with Gasteiger partial charge in [0.15, 0.2) is 0 Å². The number of carbonyl (C=O) groups is 2. The molecule has 1 amide bonds. The van der Waals surface area contributed by atoms with Crippen LogP contribution >= 0.6 is 0 Å². The molecule has 1 aliphatic rings. The fourth-order valence-electron chi connectivity index (χ4n) is 3.10. The number of aryl methyl sites for hydroxylation is 1. The maximum Gasteiger partial charge on any atom is 0.340 e. The van der Waals surface area contributed by atoms with Gasteiger partial charge in [0.05, 0.1) is 17.8 Å². The Balaban J connectivity index is 2.13. The maximum absolute atomic E-state index is 13.1. The van der Waals surface area contributed by atoms with Crippen LogP contribution in [0.15, 0.2) is 71.4 Å². The van der Waals surface area contributed by atoms with E-state index in [0.717, 1.165) is 16.8 Å². The maximum atomic E-state index is 13.1. The molecule has 0 bridgehead atoms. The van der Waals surface area contributed by atoms with Gasteiger partial charge < -0.3 is 4.74 Å². The largest absolute Gasteiger partial charge is 0.462 e. The van der Waals surface area contributed by atoms with Crippen LogP contribution in [0.1, 0.15) is 25.0 Å². The second kappa shape index (κ2) is 7.40. The molecule has 4 nitrogen and oxygen atoms in total. The number of anilines is 1. The number of esters is 1. The Morgan fingerprint density at radius 3 is 2.46 bits per heavy atom. The fraction of sp³-hybridized carbons (Fsp3) is 0.182. The van der Waals surface area contributed by atoms with Gasteiger partial charge in [-0.05, 0) is 44.5 Å². The van der Waals surface area contributed by atoms with Crippen molar-refractivity contribution in [3.05, 3.63) is 82.6 Å². The van der Waals surface area contributed by atoms with E-state index in [4.69, 9.17) is 4.74 Å². The van der Waals surface area contributed by atoms with E-state index in [9.17, 15) is 9.59 Å². The lowest BCUT2D eigenvalue weighted by molar-refractivity contribution is -0.138. The highest BCUT2D eigenvalue weighted by atomic mass is 16.5. The summed E-state index contributed by atoms with van der Waals surface area (Å²) < 4.78 is 5.20. The standard InChI is InChI=1S/C22H21NO3/c1-4-26-22(25)20-16(3)23(18-11-6-5-7-12-18)21(24)19(20)14-17-10-8-9-15(2)13-17/h5-14H,4H2,1-3H3/b19-14-. The van der Waals surface area contributed by atoms with E-state index in [-0.39, 0.29) is 12.5 Å². The van der Waals surface area contributed by atoms with Crippen LogP contribution in [-0.4, -0.2) is 18.5 Å².